The summed E-state index contributed by atoms with van der Waals surface area (Å²) in [7, 11) is 1.86. The van der Waals surface area contributed by atoms with E-state index in [4.69, 9.17) is 0 Å². The summed E-state index contributed by atoms with van der Waals surface area (Å²) in [6.07, 6.45) is 7.56. The zero-order valence-corrected chi connectivity index (χ0v) is 9.57. The molecule has 1 aromatic heterocycles. The third-order valence-corrected chi connectivity index (χ3v) is 3.12. The summed E-state index contributed by atoms with van der Waals surface area (Å²) in [5, 5.41) is 14.7. The summed E-state index contributed by atoms with van der Waals surface area (Å²) in [5.74, 6) is 0. The van der Waals surface area contributed by atoms with Crippen molar-refractivity contribution in [2.24, 2.45) is 12.5 Å². The van der Waals surface area contributed by atoms with E-state index in [0.717, 1.165) is 18.5 Å². The van der Waals surface area contributed by atoms with Gasteiger partial charge in [0.2, 0.25) is 0 Å². The smallest absolute Gasteiger partial charge is 0.126 e. The Kier molecular flexibility index (Phi) is 2.23. The molecular formula is C12H18N2O. The molecular weight excluding hydrogens is 188 g/mol. The molecule has 0 aliphatic heterocycles. The number of aryl methyl sites for hydroxylation is 1. The average molecular weight is 206 g/mol. The van der Waals surface area contributed by atoms with E-state index in [9.17, 15) is 5.11 Å². The van der Waals surface area contributed by atoms with Crippen molar-refractivity contribution in [2.45, 2.75) is 32.3 Å². The van der Waals surface area contributed by atoms with E-state index in [0.29, 0.717) is 0 Å². The summed E-state index contributed by atoms with van der Waals surface area (Å²) < 4.78 is 1.72. The Morgan fingerprint density at radius 1 is 1.33 bits per heavy atom. The maximum atomic E-state index is 10.4. The third-order valence-electron chi connectivity index (χ3n) is 3.12. The number of rotatable bonds is 1. The van der Waals surface area contributed by atoms with Crippen molar-refractivity contribution >= 4 is 0 Å². The molecule has 0 saturated heterocycles. The van der Waals surface area contributed by atoms with E-state index in [2.05, 4.69) is 25.0 Å². The molecule has 2 rings (SSSR count). The topological polar surface area (TPSA) is 38.0 Å². The molecule has 0 bridgehead atoms. The maximum absolute atomic E-state index is 10.4. The first-order valence-electron chi connectivity index (χ1n) is 5.34. The number of hydrogen-bond acceptors (Lipinski definition) is 2. The molecule has 1 unspecified atom stereocenters. The first-order valence-corrected chi connectivity index (χ1v) is 5.34. The molecule has 1 N–H and O–H groups in total. The lowest BCUT2D eigenvalue weighted by molar-refractivity contribution is 0.0534. The summed E-state index contributed by atoms with van der Waals surface area (Å²) in [6.45, 7) is 4.36. The molecule has 0 radical (unpaired) electrons. The van der Waals surface area contributed by atoms with E-state index in [1.807, 2.05) is 25.4 Å². The minimum atomic E-state index is -0.864. The van der Waals surface area contributed by atoms with Crippen molar-refractivity contribution in [3.8, 4) is 0 Å². The Labute approximate surface area is 90.4 Å². The predicted octanol–water partition coefficient (Wildman–Crippen LogP) is 1.98. The Hall–Kier alpha value is -1.09. The van der Waals surface area contributed by atoms with Gasteiger partial charge in [-0.1, -0.05) is 26.0 Å². The van der Waals surface area contributed by atoms with Crippen molar-refractivity contribution in [3.63, 3.8) is 0 Å². The van der Waals surface area contributed by atoms with Crippen molar-refractivity contribution in [3.05, 3.63) is 30.1 Å². The van der Waals surface area contributed by atoms with Crippen LogP contribution in [0, 0.1) is 5.41 Å². The van der Waals surface area contributed by atoms with E-state index in [1.54, 1.807) is 4.68 Å². The van der Waals surface area contributed by atoms with Crippen LogP contribution in [-0.4, -0.2) is 14.9 Å². The third kappa shape index (κ3) is 1.97. The van der Waals surface area contributed by atoms with Crippen molar-refractivity contribution in [2.75, 3.05) is 0 Å². The normalized spacial score (nSPS) is 29.3. The molecule has 1 atom stereocenters. The van der Waals surface area contributed by atoms with Gasteiger partial charge in [0.1, 0.15) is 5.60 Å². The lowest BCUT2D eigenvalue weighted by Crippen LogP contribution is -2.30. The summed E-state index contributed by atoms with van der Waals surface area (Å²) in [4.78, 5) is 0. The molecule has 1 heterocycles. The molecule has 0 saturated carbocycles. The Morgan fingerprint density at radius 3 is 2.53 bits per heavy atom. The lowest BCUT2D eigenvalue weighted by Gasteiger charge is -2.33. The molecule has 15 heavy (non-hydrogen) atoms. The van der Waals surface area contributed by atoms with Crippen LogP contribution in [0.3, 0.4) is 0 Å². The van der Waals surface area contributed by atoms with Gasteiger partial charge in [0.15, 0.2) is 0 Å². The zero-order chi connectivity index (χ0) is 11.1. The van der Waals surface area contributed by atoms with Crippen molar-refractivity contribution < 1.29 is 5.11 Å². The van der Waals surface area contributed by atoms with E-state index < -0.39 is 5.60 Å². The highest BCUT2D eigenvalue weighted by atomic mass is 16.3. The van der Waals surface area contributed by atoms with Gasteiger partial charge in [-0.15, -0.1) is 0 Å². The van der Waals surface area contributed by atoms with Gasteiger partial charge in [0, 0.05) is 13.2 Å². The molecule has 1 aliphatic rings. The van der Waals surface area contributed by atoms with Gasteiger partial charge in [0.05, 0.1) is 5.69 Å². The first kappa shape index (κ1) is 10.4. The summed E-state index contributed by atoms with van der Waals surface area (Å²) in [6, 6.07) is 1.88. The van der Waals surface area contributed by atoms with E-state index in [1.165, 1.54) is 0 Å². The van der Waals surface area contributed by atoms with Crippen LogP contribution < -0.4 is 0 Å². The molecule has 1 aliphatic carbocycles. The quantitative estimate of drug-likeness (QED) is 0.713. The fourth-order valence-corrected chi connectivity index (χ4v) is 1.90. The van der Waals surface area contributed by atoms with Gasteiger partial charge in [-0.2, -0.15) is 5.10 Å². The molecule has 3 heteroatoms. The predicted molar refractivity (Wildman–Crippen MR) is 59.3 cm³/mol. The van der Waals surface area contributed by atoms with Gasteiger partial charge >= 0.3 is 0 Å². The molecule has 0 spiro atoms. The SMILES string of the molecule is Cn1ccc(C2(O)C=CC(C)(C)CC2)n1. The van der Waals surface area contributed by atoms with Gasteiger partial charge in [-0.3, -0.25) is 4.68 Å². The van der Waals surface area contributed by atoms with Crippen molar-refractivity contribution in [1.82, 2.24) is 9.78 Å². The van der Waals surface area contributed by atoms with Crippen LogP contribution in [0.5, 0.6) is 0 Å². The highest BCUT2D eigenvalue weighted by Crippen LogP contribution is 2.39. The molecule has 0 aromatic carbocycles. The highest BCUT2D eigenvalue weighted by molar-refractivity contribution is 5.22. The maximum Gasteiger partial charge on any atom is 0.126 e. The first-order chi connectivity index (χ1) is 6.91. The molecule has 0 amide bonds. The monoisotopic (exact) mass is 206 g/mol. The van der Waals surface area contributed by atoms with Crippen LogP contribution in [0.1, 0.15) is 32.4 Å². The van der Waals surface area contributed by atoms with Gasteiger partial charge < -0.3 is 5.11 Å². The fraction of sp³-hybridized carbons (Fsp3) is 0.583. The lowest BCUT2D eigenvalue weighted by atomic mass is 9.76. The molecule has 3 nitrogen and oxygen atoms in total. The van der Waals surface area contributed by atoms with E-state index >= 15 is 0 Å². The van der Waals surface area contributed by atoms with Crippen LogP contribution >= 0.6 is 0 Å². The highest BCUT2D eigenvalue weighted by Gasteiger charge is 2.34. The van der Waals surface area contributed by atoms with E-state index in [-0.39, 0.29) is 5.41 Å². The summed E-state index contributed by atoms with van der Waals surface area (Å²) in [5.41, 5.74) is 0.0781. The van der Waals surface area contributed by atoms with Gasteiger partial charge in [0.25, 0.3) is 0 Å². The van der Waals surface area contributed by atoms with Gasteiger partial charge in [-0.05, 0) is 24.3 Å². The number of nitrogens with zero attached hydrogens (tertiary/aromatic N) is 2. The largest absolute Gasteiger partial charge is 0.379 e. The second-order valence-electron chi connectivity index (χ2n) is 5.12. The minimum absolute atomic E-state index is 0.195. The number of hydrogen-bond donors (Lipinski definition) is 1. The minimum Gasteiger partial charge on any atom is -0.379 e. The zero-order valence-electron chi connectivity index (χ0n) is 9.57. The van der Waals surface area contributed by atoms with Crippen LogP contribution in [-0.2, 0) is 12.6 Å². The number of allylic oxidation sites excluding steroid dienone is 1. The van der Waals surface area contributed by atoms with Crippen LogP contribution in [0.15, 0.2) is 24.4 Å². The molecule has 1 aromatic rings. The molecule has 82 valence electrons. The van der Waals surface area contributed by atoms with Crippen LogP contribution in [0.2, 0.25) is 0 Å². The van der Waals surface area contributed by atoms with Gasteiger partial charge in [-0.25, -0.2) is 0 Å². The Bertz CT molecular complexity index is 392. The van der Waals surface area contributed by atoms with Crippen molar-refractivity contribution in [1.29, 1.82) is 0 Å². The van der Waals surface area contributed by atoms with Crippen LogP contribution in [0.25, 0.3) is 0 Å². The second kappa shape index (κ2) is 3.20. The number of aromatic nitrogens is 2. The Balaban J connectivity index is 2.30. The molecule has 0 fully saturated rings. The van der Waals surface area contributed by atoms with Crippen LogP contribution in [0.4, 0.5) is 0 Å². The standard InChI is InChI=1S/C12H18N2O/c1-11(2)5-7-12(15,8-6-11)10-4-9-14(3)13-10/h4-5,7,9,15H,6,8H2,1-3H3. The summed E-state index contributed by atoms with van der Waals surface area (Å²) >= 11 is 0. The fourth-order valence-electron chi connectivity index (χ4n) is 1.90. The Morgan fingerprint density at radius 2 is 2.07 bits per heavy atom. The number of aliphatic hydroxyl groups is 1. The second-order valence-corrected chi connectivity index (χ2v) is 5.12. The average Bonchev–Trinajstić information content (AvgIpc) is 2.59.